The van der Waals surface area contributed by atoms with Gasteiger partial charge in [-0.3, -0.25) is 0 Å². The molecule has 3 rings (SSSR count). The van der Waals surface area contributed by atoms with Gasteiger partial charge in [0.2, 0.25) is 0 Å². The first-order valence-electron chi connectivity index (χ1n) is 7.85. The van der Waals surface area contributed by atoms with Gasteiger partial charge in [-0.2, -0.15) is 21.6 Å². The van der Waals surface area contributed by atoms with Crippen LogP contribution in [0, 0.1) is 0 Å². The molecule has 0 aliphatic carbocycles. The number of hydrogen-bond acceptors (Lipinski definition) is 5. The van der Waals surface area contributed by atoms with Crippen LogP contribution in [0.2, 0.25) is 0 Å². The number of amides is 1. The SMILES string of the molecule is O=C(O)N1CCN(c2cccc3ccc(OS(=O)(=O)C(F)(F)F)cc23)CC1. The summed E-state index contributed by atoms with van der Waals surface area (Å²) in [5.41, 5.74) is -4.86. The molecule has 0 atom stereocenters. The van der Waals surface area contributed by atoms with Crippen molar-refractivity contribution >= 4 is 32.7 Å². The molecule has 1 aliphatic heterocycles. The first kappa shape index (κ1) is 19.1. The van der Waals surface area contributed by atoms with Gasteiger partial charge in [-0.15, -0.1) is 0 Å². The summed E-state index contributed by atoms with van der Waals surface area (Å²) in [4.78, 5) is 14.2. The van der Waals surface area contributed by atoms with Gasteiger partial charge >= 0.3 is 21.7 Å². The molecule has 0 saturated carbocycles. The lowest BCUT2D eigenvalue weighted by molar-refractivity contribution is -0.0500. The molecule has 1 saturated heterocycles. The van der Waals surface area contributed by atoms with Crippen molar-refractivity contribution < 1.29 is 35.7 Å². The highest BCUT2D eigenvalue weighted by atomic mass is 32.2. The molecule has 0 bridgehead atoms. The number of carboxylic acid groups (broad SMARTS) is 1. The number of hydrogen-bond donors (Lipinski definition) is 1. The second-order valence-corrected chi connectivity index (χ2v) is 7.44. The Hall–Kier alpha value is -2.69. The van der Waals surface area contributed by atoms with E-state index in [2.05, 4.69) is 4.18 Å². The van der Waals surface area contributed by atoms with Gasteiger partial charge in [-0.25, -0.2) is 4.79 Å². The predicted molar refractivity (Wildman–Crippen MR) is 91.4 cm³/mol. The molecule has 11 heteroatoms. The minimum Gasteiger partial charge on any atom is -0.465 e. The van der Waals surface area contributed by atoms with Crippen molar-refractivity contribution in [2.24, 2.45) is 0 Å². The smallest absolute Gasteiger partial charge is 0.465 e. The third-order valence-electron chi connectivity index (χ3n) is 4.21. The molecule has 0 unspecified atom stereocenters. The molecular formula is C16H15F3N2O5S. The lowest BCUT2D eigenvalue weighted by Crippen LogP contribution is -2.48. The average Bonchev–Trinajstić information content (AvgIpc) is 2.60. The Morgan fingerprint density at radius 1 is 1.07 bits per heavy atom. The van der Waals surface area contributed by atoms with Crippen molar-refractivity contribution in [1.82, 2.24) is 4.90 Å². The number of fused-ring (bicyclic) bond motifs is 1. The molecule has 0 radical (unpaired) electrons. The van der Waals surface area contributed by atoms with E-state index in [0.717, 1.165) is 6.07 Å². The standard InChI is InChI=1S/C16H15F3N2O5S/c17-16(18,19)27(24,25)26-12-5-4-11-2-1-3-14(13(11)10-12)20-6-8-21(9-7-20)15(22)23/h1-5,10H,6-9H2,(H,22,23). The Labute approximate surface area is 152 Å². The fourth-order valence-corrected chi connectivity index (χ4v) is 3.33. The summed E-state index contributed by atoms with van der Waals surface area (Å²) >= 11 is 0. The minimum atomic E-state index is -5.76. The number of benzene rings is 2. The summed E-state index contributed by atoms with van der Waals surface area (Å²) in [5, 5.41) is 10.2. The molecule has 2 aromatic rings. The van der Waals surface area contributed by atoms with E-state index < -0.39 is 27.5 Å². The molecule has 0 aromatic heterocycles. The fourth-order valence-electron chi connectivity index (χ4n) is 2.88. The number of halogens is 3. The molecule has 27 heavy (non-hydrogen) atoms. The Morgan fingerprint density at radius 3 is 2.33 bits per heavy atom. The third-order valence-corrected chi connectivity index (χ3v) is 5.19. The van der Waals surface area contributed by atoms with Crippen LogP contribution in [-0.2, 0) is 10.1 Å². The van der Waals surface area contributed by atoms with Gasteiger partial charge in [0.25, 0.3) is 0 Å². The second kappa shape index (κ2) is 6.80. The lowest BCUT2D eigenvalue weighted by atomic mass is 10.1. The van der Waals surface area contributed by atoms with E-state index in [1.165, 1.54) is 17.0 Å². The summed E-state index contributed by atoms with van der Waals surface area (Å²) in [6.07, 6.45) is -1.01. The molecule has 1 fully saturated rings. The molecule has 1 N–H and O–H groups in total. The van der Waals surface area contributed by atoms with E-state index >= 15 is 0 Å². The minimum absolute atomic E-state index is 0.282. The van der Waals surface area contributed by atoms with Gasteiger partial charge in [0.1, 0.15) is 5.75 Å². The third kappa shape index (κ3) is 3.87. The van der Waals surface area contributed by atoms with E-state index in [1.54, 1.807) is 18.2 Å². The summed E-state index contributed by atoms with van der Waals surface area (Å²) in [7, 11) is -5.76. The van der Waals surface area contributed by atoms with Gasteiger partial charge in [0.15, 0.2) is 0 Å². The number of carbonyl (C=O) groups is 1. The van der Waals surface area contributed by atoms with Crippen molar-refractivity contribution in [3.05, 3.63) is 36.4 Å². The first-order valence-corrected chi connectivity index (χ1v) is 9.26. The number of alkyl halides is 3. The molecular weight excluding hydrogens is 389 g/mol. The Bertz CT molecular complexity index is 970. The zero-order valence-corrected chi connectivity index (χ0v) is 14.6. The number of nitrogens with zero attached hydrogens (tertiary/aromatic N) is 2. The van der Waals surface area contributed by atoms with Crippen molar-refractivity contribution in [3.63, 3.8) is 0 Å². The van der Waals surface area contributed by atoms with Crippen LogP contribution in [0.15, 0.2) is 36.4 Å². The monoisotopic (exact) mass is 404 g/mol. The lowest BCUT2D eigenvalue weighted by Gasteiger charge is -2.35. The Balaban J connectivity index is 1.93. The molecule has 2 aromatic carbocycles. The summed E-state index contributed by atoms with van der Waals surface area (Å²) in [6, 6.07) is 9.08. The van der Waals surface area contributed by atoms with Crippen LogP contribution in [0.1, 0.15) is 0 Å². The predicted octanol–water partition coefficient (Wildman–Crippen LogP) is 2.87. The summed E-state index contributed by atoms with van der Waals surface area (Å²) < 4.78 is 64.3. The van der Waals surface area contributed by atoms with Crippen molar-refractivity contribution in [3.8, 4) is 5.75 Å². The zero-order chi connectivity index (χ0) is 19.8. The van der Waals surface area contributed by atoms with Gasteiger partial charge < -0.3 is 19.1 Å². The molecule has 1 aliphatic rings. The zero-order valence-electron chi connectivity index (χ0n) is 13.8. The average molecular weight is 404 g/mol. The number of rotatable bonds is 3. The van der Waals surface area contributed by atoms with Crippen LogP contribution >= 0.6 is 0 Å². The van der Waals surface area contributed by atoms with Crippen LogP contribution in [0.3, 0.4) is 0 Å². The van der Waals surface area contributed by atoms with Crippen LogP contribution in [-0.4, -0.2) is 56.2 Å². The van der Waals surface area contributed by atoms with E-state index in [4.69, 9.17) is 5.11 Å². The van der Waals surface area contributed by atoms with Gasteiger partial charge in [-0.05, 0) is 23.6 Å². The van der Waals surface area contributed by atoms with Crippen LogP contribution < -0.4 is 9.08 Å². The number of piperazine rings is 1. The maximum atomic E-state index is 12.5. The van der Waals surface area contributed by atoms with E-state index in [0.29, 0.717) is 29.5 Å². The van der Waals surface area contributed by atoms with E-state index in [-0.39, 0.29) is 13.1 Å². The maximum Gasteiger partial charge on any atom is 0.534 e. The Morgan fingerprint density at radius 2 is 1.74 bits per heavy atom. The first-order chi connectivity index (χ1) is 12.6. The Kier molecular flexibility index (Phi) is 4.81. The topological polar surface area (TPSA) is 87.2 Å². The molecule has 7 nitrogen and oxygen atoms in total. The van der Waals surface area contributed by atoms with Crippen LogP contribution in [0.25, 0.3) is 10.8 Å². The molecule has 146 valence electrons. The highest BCUT2D eigenvalue weighted by molar-refractivity contribution is 7.88. The van der Waals surface area contributed by atoms with E-state index in [1.807, 2.05) is 4.90 Å². The quantitative estimate of drug-likeness (QED) is 0.625. The van der Waals surface area contributed by atoms with Crippen molar-refractivity contribution in [2.45, 2.75) is 5.51 Å². The van der Waals surface area contributed by atoms with Crippen molar-refractivity contribution in [2.75, 3.05) is 31.1 Å². The summed E-state index contributed by atoms with van der Waals surface area (Å²) in [5.74, 6) is -0.448. The van der Waals surface area contributed by atoms with Crippen LogP contribution in [0.5, 0.6) is 5.75 Å². The maximum absolute atomic E-state index is 12.5. The molecule has 1 amide bonds. The number of anilines is 1. The van der Waals surface area contributed by atoms with E-state index in [9.17, 15) is 26.4 Å². The second-order valence-electron chi connectivity index (χ2n) is 5.90. The van der Waals surface area contributed by atoms with Gasteiger partial charge in [0, 0.05) is 37.3 Å². The van der Waals surface area contributed by atoms with Crippen LogP contribution in [0.4, 0.5) is 23.7 Å². The van der Waals surface area contributed by atoms with Gasteiger partial charge in [0.05, 0.1) is 0 Å². The largest absolute Gasteiger partial charge is 0.534 e. The van der Waals surface area contributed by atoms with Gasteiger partial charge in [-0.1, -0.05) is 18.2 Å². The summed E-state index contributed by atoms with van der Waals surface area (Å²) in [6.45, 7) is 1.36. The highest BCUT2D eigenvalue weighted by Gasteiger charge is 2.48. The molecule has 0 spiro atoms. The van der Waals surface area contributed by atoms with Crippen molar-refractivity contribution in [1.29, 1.82) is 0 Å². The molecule has 1 heterocycles. The highest BCUT2D eigenvalue weighted by Crippen LogP contribution is 2.33. The fraction of sp³-hybridized carbons (Fsp3) is 0.312. The normalized spacial score (nSPS) is 15.8.